The number of ether oxygens (including phenoxy) is 2. The Hall–Kier alpha value is -3.20. The molecule has 0 spiro atoms. The van der Waals surface area contributed by atoms with Crippen LogP contribution in [0.15, 0.2) is 58.5 Å². The highest BCUT2D eigenvalue weighted by molar-refractivity contribution is 9.10. The van der Waals surface area contributed by atoms with E-state index in [4.69, 9.17) is 9.47 Å². The largest absolute Gasteiger partial charge is 0.493 e. The lowest BCUT2D eigenvalue weighted by Gasteiger charge is -2.28. The number of carbonyl (C=O) groups excluding carboxylic acids is 1. The fourth-order valence-corrected chi connectivity index (χ4v) is 4.23. The Morgan fingerprint density at radius 1 is 1.32 bits per heavy atom. The Morgan fingerprint density at radius 3 is 2.81 bits per heavy atom. The van der Waals surface area contributed by atoms with Crippen LogP contribution in [0.4, 0.5) is 10.3 Å². The van der Waals surface area contributed by atoms with Crippen molar-refractivity contribution in [3.05, 3.63) is 75.4 Å². The molecule has 4 rings (SSSR count). The number of hydrogen-bond donors (Lipinski definition) is 1. The van der Waals surface area contributed by atoms with E-state index in [1.807, 2.05) is 13.0 Å². The van der Waals surface area contributed by atoms with Crippen LogP contribution in [0.5, 0.6) is 11.5 Å². The summed E-state index contributed by atoms with van der Waals surface area (Å²) in [5.41, 5.74) is 2.49. The van der Waals surface area contributed by atoms with Gasteiger partial charge in [0.25, 0.3) is 0 Å². The monoisotopic (exact) mass is 486 g/mol. The van der Waals surface area contributed by atoms with E-state index in [-0.39, 0.29) is 18.2 Å². The van der Waals surface area contributed by atoms with Gasteiger partial charge in [0.1, 0.15) is 24.8 Å². The molecule has 2 aromatic carbocycles. The molecule has 3 aromatic rings. The smallest absolute Gasteiger partial charge is 0.226 e. The minimum absolute atomic E-state index is 0.0409. The number of halogens is 2. The van der Waals surface area contributed by atoms with E-state index < -0.39 is 6.04 Å². The molecule has 31 heavy (non-hydrogen) atoms. The highest BCUT2D eigenvalue weighted by atomic mass is 79.9. The first-order chi connectivity index (χ1) is 14.9. The number of benzene rings is 2. The van der Waals surface area contributed by atoms with E-state index in [2.05, 4.69) is 31.3 Å². The van der Waals surface area contributed by atoms with Crippen molar-refractivity contribution in [1.29, 1.82) is 0 Å². The summed E-state index contributed by atoms with van der Waals surface area (Å²) >= 11 is 3.54. The summed E-state index contributed by atoms with van der Waals surface area (Å²) in [6.07, 6.45) is 1.43. The van der Waals surface area contributed by atoms with Crippen molar-refractivity contribution in [2.75, 3.05) is 12.4 Å². The second-order valence-corrected chi connectivity index (χ2v) is 7.92. The molecule has 2 heterocycles. The Kier molecular flexibility index (Phi) is 5.77. The Morgan fingerprint density at radius 2 is 2.10 bits per heavy atom. The maximum absolute atomic E-state index is 14.0. The highest BCUT2D eigenvalue weighted by Gasteiger charge is 2.32. The lowest BCUT2D eigenvalue weighted by atomic mass is 9.93. The summed E-state index contributed by atoms with van der Waals surface area (Å²) < 4.78 is 27.7. The van der Waals surface area contributed by atoms with Gasteiger partial charge in [-0.1, -0.05) is 18.2 Å². The van der Waals surface area contributed by atoms with E-state index >= 15 is 0 Å². The molecule has 7 nitrogen and oxygen atoms in total. The normalized spacial score (nSPS) is 15.3. The predicted molar refractivity (Wildman–Crippen MR) is 117 cm³/mol. The zero-order chi connectivity index (χ0) is 22.1. The molecule has 0 bridgehead atoms. The third-order valence-electron chi connectivity index (χ3n) is 5.07. The number of methoxy groups -OCH3 is 1. The van der Waals surface area contributed by atoms with Crippen LogP contribution in [0.3, 0.4) is 0 Å². The number of allylic oxidation sites excluding steroid dienone is 2. The van der Waals surface area contributed by atoms with Crippen molar-refractivity contribution >= 4 is 27.7 Å². The number of anilines is 1. The summed E-state index contributed by atoms with van der Waals surface area (Å²) in [6.45, 7) is 3.40. The SMILES string of the molecule is COc1cc(C2C(C(C)=O)=C(C)Nc3ncnn32)cc(Br)c1OCc1ccccc1F. The zero-order valence-corrected chi connectivity index (χ0v) is 18.7. The van der Waals surface area contributed by atoms with Gasteiger partial charge >= 0.3 is 0 Å². The van der Waals surface area contributed by atoms with Crippen LogP contribution < -0.4 is 14.8 Å². The summed E-state index contributed by atoms with van der Waals surface area (Å²) in [5, 5.41) is 7.42. The average molecular weight is 487 g/mol. The number of Topliss-reactive ketones (excluding diaryl/α,β-unsaturated/α-hetero) is 1. The summed E-state index contributed by atoms with van der Waals surface area (Å²) in [6, 6.07) is 9.58. The number of ketones is 1. The fourth-order valence-electron chi connectivity index (χ4n) is 3.66. The van der Waals surface area contributed by atoms with Crippen LogP contribution in [0.25, 0.3) is 0 Å². The number of rotatable bonds is 6. The van der Waals surface area contributed by atoms with Crippen LogP contribution in [0.1, 0.15) is 31.0 Å². The molecule has 0 saturated carbocycles. The van der Waals surface area contributed by atoms with Gasteiger partial charge in [0.2, 0.25) is 5.95 Å². The minimum atomic E-state index is -0.484. The first-order valence-electron chi connectivity index (χ1n) is 9.52. The van der Waals surface area contributed by atoms with Gasteiger partial charge in [-0.25, -0.2) is 9.07 Å². The molecule has 0 saturated heterocycles. The maximum atomic E-state index is 14.0. The quantitative estimate of drug-likeness (QED) is 0.546. The van der Waals surface area contributed by atoms with Crippen molar-refractivity contribution in [3.8, 4) is 11.5 Å². The van der Waals surface area contributed by atoms with E-state index in [0.717, 1.165) is 5.56 Å². The van der Waals surface area contributed by atoms with Gasteiger partial charge in [0.15, 0.2) is 17.3 Å². The number of nitrogens with one attached hydrogen (secondary N) is 1. The molecule has 0 amide bonds. The van der Waals surface area contributed by atoms with E-state index in [9.17, 15) is 9.18 Å². The first kappa shape index (κ1) is 21.0. The second kappa shape index (κ2) is 8.50. The third-order valence-corrected chi connectivity index (χ3v) is 5.66. The molecule has 160 valence electrons. The number of carbonyl (C=O) groups is 1. The van der Waals surface area contributed by atoms with E-state index in [1.54, 1.807) is 28.9 Å². The minimum Gasteiger partial charge on any atom is -0.493 e. The van der Waals surface area contributed by atoms with Gasteiger partial charge < -0.3 is 14.8 Å². The fraction of sp³-hybridized carbons (Fsp3) is 0.227. The zero-order valence-electron chi connectivity index (χ0n) is 17.1. The molecule has 0 aliphatic carbocycles. The molecule has 1 aliphatic rings. The summed E-state index contributed by atoms with van der Waals surface area (Å²) in [5.74, 6) is 1.01. The van der Waals surface area contributed by atoms with Gasteiger partial charge in [-0.2, -0.15) is 10.1 Å². The van der Waals surface area contributed by atoms with Crippen molar-refractivity contribution < 1.29 is 18.7 Å². The number of fused-ring (bicyclic) bond motifs is 1. The van der Waals surface area contributed by atoms with Crippen molar-refractivity contribution in [2.24, 2.45) is 0 Å². The molecule has 0 fully saturated rings. The van der Waals surface area contributed by atoms with Crippen LogP contribution in [0.2, 0.25) is 0 Å². The number of nitrogens with zero attached hydrogens (tertiary/aromatic N) is 3. The van der Waals surface area contributed by atoms with Crippen molar-refractivity contribution in [3.63, 3.8) is 0 Å². The molecular formula is C22H20BrFN4O3. The van der Waals surface area contributed by atoms with Gasteiger partial charge in [-0.05, 0) is 53.5 Å². The predicted octanol–water partition coefficient (Wildman–Crippen LogP) is 4.65. The molecular weight excluding hydrogens is 467 g/mol. The van der Waals surface area contributed by atoms with Gasteiger partial charge in [0, 0.05) is 16.8 Å². The van der Waals surface area contributed by atoms with Crippen LogP contribution in [0, 0.1) is 5.82 Å². The lowest BCUT2D eigenvalue weighted by molar-refractivity contribution is -0.114. The topological polar surface area (TPSA) is 78.3 Å². The highest BCUT2D eigenvalue weighted by Crippen LogP contribution is 2.42. The number of aromatic nitrogens is 3. The third kappa shape index (κ3) is 3.93. The average Bonchev–Trinajstić information content (AvgIpc) is 3.20. The number of hydrogen-bond acceptors (Lipinski definition) is 6. The molecule has 1 unspecified atom stereocenters. The molecule has 1 aliphatic heterocycles. The Labute approximate surface area is 187 Å². The second-order valence-electron chi connectivity index (χ2n) is 7.06. The van der Waals surface area contributed by atoms with Crippen molar-refractivity contribution in [2.45, 2.75) is 26.5 Å². The summed E-state index contributed by atoms with van der Waals surface area (Å²) in [7, 11) is 1.53. The standard InChI is InChI=1S/C22H20BrFN4O3/c1-12-19(13(2)29)20(28-22(27-12)25-11-26-28)15-8-16(23)21(18(9-15)30-3)31-10-14-6-4-5-7-17(14)24/h4-9,11,20H,10H2,1-3H3,(H,25,26,27). The molecule has 0 radical (unpaired) electrons. The Balaban J connectivity index is 1.74. The maximum Gasteiger partial charge on any atom is 0.226 e. The molecule has 1 N–H and O–H groups in total. The summed E-state index contributed by atoms with van der Waals surface area (Å²) in [4.78, 5) is 16.7. The van der Waals surface area contributed by atoms with Gasteiger partial charge in [-0.15, -0.1) is 0 Å². The van der Waals surface area contributed by atoms with Crippen LogP contribution >= 0.6 is 15.9 Å². The van der Waals surface area contributed by atoms with E-state index in [0.29, 0.717) is 38.8 Å². The van der Waals surface area contributed by atoms with E-state index in [1.165, 1.54) is 26.4 Å². The molecule has 9 heteroatoms. The Bertz CT molecular complexity index is 1190. The van der Waals surface area contributed by atoms with Gasteiger partial charge in [-0.3, -0.25) is 4.79 Å². The lowest BCUT2D eigenvalue weighted by Crippen LogP contribution is -2.27. The van der Waals surface area contributed by atoms with Crippen molar-refractivity contribution in [1.82, 2.24) is 14.8 Å². The van der Waals surface area contributed by atoms with Crippen LogP contribution in [-0.2, 0) is 11.4 Å². The first-order valence-corrected chi connectivity index (χ1v) is 10.3. The van der Waals surface area contributed by atoms with Gasteiger partial charge in [0.05, 0.1) is 11.6 Å². The van der Waals surface area contributed by atoms with Crippen LogP contribution in [-0.4, -0.2) is 27.7 Å². The molecule has 1 aromatic heterocycles. The molecule has 1 atom stereocenters.